The van der Waals surface area contributed by atoms with Crippen LogP contribution in [0.25, 0.3) is 17.0 Å². The number of anilines is 2. The molecule has 234 valence electrons. The highest BCUT2D eigenvalue weighted by molar-refractivity contribution is 8.00. The Morgan fingerprint density at radius 3 is 2.26 bits per heavy atom. The van der Waals surface area contributed by atoms with E-state index >= 15 is 0 Å². The van der Waals surface area contributed by atoms with Gasteiger partial charge in [0.1, 0.15) is 11.4 Å². The van der Waals surface area contributed by atoms with Gasteiger partial charge in [0.15, 0.2) is 11.5 Å². The summed E-state index contributed by atoms with van der Waals surface area (Å²) in [5.74, 6) is 0.234. The van der Waals surface area contributed by atoms with Crippen LogP contribution in [0.1, 0.15) is 15.9 Å². The highest BCUT2D eigenvalue weighted by atomic mass is 32.2. The van der Waals surface area contributed by atoms with Crippen LogP contribution in [0.5, 0.6) is 17.2 Å². The summed E-state index contributed by atoms with van der Waals surface area (Å²) in [6.07, 6.45) is 3.35. The van der Waals surface area contributed by atoms with E-state index in [1.165, 1.54) is 39.2 Å². The van der Waals surface area contributed by atoms with Gasteiger partial charge in [0, 0.05) is 45.2 Å². The number of nitrogens with one attached hydrogen (secondary N) is 4. The lowest BCUT2D eigenvalue weighted by atomic mass is 10.1. The molecule has 0 saturated heterocycles. The number of ether oxygens (including phenoxy) is 3. The summed E-state index contributed by atoms with van der Waals surface area (Å²) in [4.78, 5) is 43.3. The molecule has 0 saturated carbocycles. The fourth-order valence-electron chi connectivity index (χ4n) is 4.60. The van der Waals surface area contributed by atoms with E-state index in [1.54, 1.807) is 60.7 Å². The second-order valence-electron chi connectivity index (χ2n) is 9.93. The molecule has 1 heterocycles. The van der Waals surface area contributed by atoms with Gasteiger partial charge in [-0.3, -0.25) is 14.4 Å². The van der Waals surface area contributed by atoms with E-state index < -0.39 is 11.8 Å². The predicted molar refractivity (Wildman–Crippen MR) is 181 cm³/mol. The Kier molecular flexibility index (Phi) is 10.3. The zero-order valence-electron chi connectivity index (χ0n) is 25.4. The number of rotatable bonds is 12. The van der Waals surface area contributed by atoms with Crippen LogP contribution in [-0.4, -0.2) is 49.8 Å². The van der Waals surface area contributed by atoms with Gasteiger partial charge in [0.25, 0.3) is 11.8 Å². The zero-order chi connectivity index (χ0) is 32.5. The van der Waals surface area contributed by atoms with E-state index in [9.17, 15) is 14.4 Å². The van der Waals surface area contributed by atoms with Gasteiger partial charge in [-0.05, 0) is 66.1 Å². The molecule has 3 amide bonds. The number of hydrogen-bond donors (Lipinski definition) is 4. The lowest BCUT2D eigenvalue weighted by Gasteiger charge is -2.15. The Balaban J connectivity index is 1.33. The van der Waals surface area contributed by atoms with E-state index in [0.29, 0.717) is 39.8 Å². The van der Waals surface area contributed by atoms with Crippen LogP contribution in [0.2, 0.25) is 0 Å². The molecule has 0 aliphatic rings. The summed E-state index contributed by atoms with van der Waals surface area (Å²) in [6, 6.07) is 26.6. The Morgan fingerprint density at radius 2 is 1.50 bits per heavy atom. The van der Waals surface area contributed by atoms with Crippen LogP contribution in [0.4, 0.5) is 11.4 Å². The van der Waals surface area contributed by atoms with Gasteiger partial charge in [-0.15, -0.1) is 11.8 Å². The fraction of sp³-hybridized carbons (Fsp3) is 0.114. The van der Waals surface area contributed by atoms with Crippen LogP contribution >= 0.6 is 11.8 Å². The van der Waals surface area contributed by atoms with Crippen LogP contribution in [0.3, 0.4) is 0 Å². The third-order valence-electron chi connectivity index (χ3n) is 6.87. The van der Waals surface area contributed by atoms with Crippen molar-refractivity contribution < 1.29 is 28.6 Å². The third kappa shape index (κ3) is 7.88. The van der Waals surface area contributed by atoms with Crippen molar-refractivity contribution in [3.8, 4) is 17.2 Å². The van der Waals surface area contributed by atoms with Gasteiger partial charge in [-0.2, -0.15) is 0 Å². The lowest BCUT2D eigenvalue weighted by Crippen LogP contribution is -2.30. The fourth-order valence-corrected chi connectivity index (χ4v) is 5.35. The van der Waals surface area contributed by atoms with Crippen LogP contribution < -0.4 is 30.2 Å². The van der Waals surface area contributed by atoms with E-state index in [-0.39, 0.29) is 17.4 Å². The first-order valence-corrected chi connectivity index (χ1v) is 15.1. The van der Waals surface area contributed by atoms with Crippen molar-refractivity contribution in [1.82, 2.24) is 10.3 Å². The van der Waals surface area contributed by atoms with Crippen molar-refractivity contribution in [1.29, 1.82) is 0 Å². The summed E-state index contributed by atoms with van der Waals surface area (Å²) < 4.78 is 16.3. The molecule has 10 nitrogen and oxygen atoms in total. The van der Waals surface area contributed by atoms with Gasteiger partial charge in [0.2, 0.25) is 5.91 Å². The Morgan fingerprint density at radius 1 is 0.761 bits per heavy atom. The SMILES string of the molecule is COc1cc(OC)c(OC)cc1/C=C(/NC(=O)c1ccccc1)C(=O)Nc1cccc(SCC(=O)Nc2ccc3cc[nH]c3c2)c1. The Hall–Kier alpha value is -5.68. The summed E-state index contributed by atoms with van der Waals surface area (Å²) in [5.41, 5.74) is 2.94. The molecule has 0 aliphatic heterocycles. The number of H-pyrrole nitrogens is 1. The van der Waals surface area contributed by atoms with Crippen LogP contribution in [0, 0.1) is 0 Å². The molecule has 0 radical (unpaired) electrons. The number of aromatic nitrogens is 1. The number of fused-ring (bicyclic) bond motifs is 1. The minimum absolute atomic E-state index is 0.0316. The molecule has 0 bridgehead atoms. The average Bonchev–Trinajstić information content (AvgIpc) is 3.55. The largest absolute Gasteiger partial charge is 0.496 e. The molecule has 4 N–H and O–H groups in total. The number of carbonyl (C=O) groups excluding carboxylic acids is 3. The topological polar surface area (TPSA) is 131 Å². The first-order valence-electron chi connectivity index (χ1n) is 14.2. The summed E-state index contributed by atoms with van der Waals surface area (Å²) in [6.45, 7) is 0. The number of aromatic amines is 1. The quantitative estimate of drug-likeness (QED) is 0.0930. The normalized spacial score (nSPS) is 11.1. The maximum Gasteiger partial charge on any atom is 0.272 e. The number of benzene rings is 4. The maximum absolute atomic E-state index is 13.7. The molecule has 5 aromatic rings. The molecule has 0 unspecified atom stereocenters. The molecular formula is C35H32N4O6S. The van der Waals surface area contributed by atoms with Crippen LogP contribution in [0.15, 0.2) is 108 Å². The summed E-state index contributed by atoms with van der Waals surface area (Å²) in [7, 11) is 4.50. The standard InChI is InChI=1S/C35H32N4O6S/c1-43-30-20-32(45-3)31(44-2)17-24(30)16-29(39-34(41)23-8-5-4-6-9-23)35(42)38-25-10-7-11-27(18-25)46-21-33(40)37-26-13-12-22-14-15-36-28(22)19-26/h4-20,36H,21H2,1-3H3,(H,37,40)(H,38,42)(H,39,41)/b29-16+. The molecule has 0 spiro atoms. The minimum Gasteiger partial charge on any atom is -0.496 e. The molecule has 4 aromatic carbocycles. The van der Waals surface area contributed by atoms with Crippen molar-refractivity contribution in [3.63, 3.8) is 0 Å². The third-order valence-corrected chi connectivity index (χ3v) is 7.86. The molecule has 46 heavy (non-hydrogen) atoms. The van der Waals surface area contributed by atoms with E-state index in [2.05, 4.69) is 20.9 Å². The molecule has 5 rings (SSSR count). The number of methoxy groups -OCH3 is 3. The maximum atomic E-state index is 13.7. The molecule has 0 fully saturated rings. The Bertz CT molecular complexity index is 1900. The number of hydrogen-bond acceptors (Lipinski definition) is 7. The zero-order valence-corrected chi connectivity index (χ0v) is 26.2. The summed E-state index contributed by atoms with van der Waals surface area (Å²) >= 11 is 1.33. The lowest BCUT2D eigenvalue weighted by molar-refractivity contribution is -0.114. The summed E-state index contributed by atoms with van der Waals surface area (Å²) in [5, 5.41) is 9.56. The first-order chi connectivity index (χ1) is 22.4. The van der Waals surface area contributed by atoms with Gasteiger partial charge >= 0.3 is 0 Å². The smallest absolute Gasteiger partial charge is 0.272 e. The number of amides is 3. The minimum atomic E-state index is -0.569. The predicted octanol–water partition coefficient (Wildman–Crippen LogP) is 6.33. The van der Waals surface area contributed by atoms with Crippen molar-refractivity contribution >= 4 is 57.8 Å². The highest BCUT2D eigenvalue weighted by Gasteiger charge is 2.18. The molecule has 0 atom stereocenters. The van der Waals surface area contributed by atoms with Gasteiger partial charge < -0.3 is 35.1 Å². The van der Waals surface area contributed by atoms with E-state index in [1.807, 2.05) is 36.5 Å². The molecule has 11 heteroatoms. The van der Waals surface area contributed by atoms with Gasteiger partial charge in [0.05, 0.1) is 27.1 Å². The van der Waals surface area contributed by atoms with Gasteiger partial charge in [-0.1, -0.05) is 30.3 Å². The second-order valence-corrected chi connectivity index (χ2v) is 11.0. The van der Waals surface area contributed by atoms with E-state index in [4.69, 9.17) is 14.2 Å². The second kappa shape index (κ2) is 14.9. The van der Waals surface area contributed by atoms with E-state index in [0.717, 1.165) is 15.8 Å². The molecular weight excluding hydrogens is 604 g/mol. The Labute approximate surface area is 270 Å². The molecule has 1 aromatic heterocycles. The monoisotopic (exact) mass is 636 g/mol. The van der Waals surface area contributed by atoms with Crippen molar-refractivity contribution in [2.24, 2.45) is 0 Å². The van der Waals surface area contributed by atoms with Crippen molar-refractivity contribution in [3.05, 3.63) is 114 Å². The van der Waals surface area contributed by atoms with Crippen molar-refractivity contribution in [2.45, 2.75) is 4.90 Å². The van der Waals surface area contributed by atoms with Crippen molar-refractivity contribution in [2.75, 3.05) is 37.7 Å². The molecule has 0 aliphatic carbocycles. The average molecular weight is 637 g/mol. The highest BCUT2D eigenvalue weighted by Crippen LogP contribution is 2.35. The first kappa shape index (κ1) is 31.7. The number of thioether (sulfide) groups is 1. The van der Waals surface area contributed by atoms with Gasteiger partial charge in [-0.25, -0.2) is 0 Å². The number of carbonyl (C=O) groups is 3. The van der Waals surface area contributed by atoms with Crippen LogP contribution in [-0.2, 0) is 9.59 Å².